The average molecular weight is 350 g/mol. The van der Waals surface area contributed by atoms with E-state index in [4.69, 9.17) is 21.1 Å². The Morgan fingerprint density at radius 2 is 2.21 bits per heavy atom. The summed E-state index contributed by atoms with van der Waals surface area (Å²) in [5.41, 5.74) is 0.786. The molecule has 6 heteroatoms. The zero-order valence-electron chi connectivity index (χ0n) is 12.9. The van der Waals surface area contributed by atoms with Gasteiger partial charge in [0.15, 0.2) is 0 Å². The minimum Gasteiger partial charge on any atom is -0.491 e. The van der Waals surface area contributed by atoms with Crippen LogP contribution < -0.4 is 10.1 Å². The van der Waals surface area contributed by atoms with Crippen molar-refractivity contribution in [3.8, 4) is 5.75 Å². The van der Waals surface area contributed by atoms with Gasteiger partial charge in [-0.05, 0) is 49.2 Å². The average Bonchev–Trinajstić information content (AvgIpc) is 3.09. The minimum atomic E-state index is -0.456. The molecule has 1 aliphatic rings. The number of halogens is 2. The second-order valence-corrected chi connectivity index (χ2v) is 5.96. The molecule has 1 amide bonds. The molecule has 2 aromatic carbocycles. The molecule has 1 saturated heterocycles. The number of amides is 1. The van der Waals surface area contributed by atoms with Gasteiger partial charge >= 0.3 is 0 Å². The van der Waals surface area contributed by atoms with Gasteiger partial charge in [-0.2, -0.15) is 0 Å². The summed E-state index contributed by atoms with van der Waals surface area (Å²) in [4.78, 5) is 12.3. The molecule has 1 N–H and O–H groups in total. The van der Waals surface area contributed by atoms with Crippen molar-refractivity contribution in [3.63, 3.8) is 0 Å². The fourth-order valence-corrected chi connectivity index (χ4v) is 2.69. The lowest BCUT2D eigenvalue weighted by molar-refractivity contribution is 0.0679. The summed E-state index contributed by atoms with van der Waals surface area (Å²) in [6.07, 6.45) is 2.15. The smallest absolute Gasteiger partial charge is 0.255 e. The number of rotatable bonds is 5. The number of hydrogen-bond acceptors (Lipinski definition) is 3. The summed E-state index contributed by atoms with van der Waals surface area (Å²) in [6.45, 7) is 1.24. The van der Waals surface area contributed by atoms with Gasteiger partial charge in [0, 0.05) is 12.2 Å². The van der Waals surface area contributed by atoms with Gasteiger partial charge in [-0.25, -0.2) is 4.39 Å². The molecule has 1 aliphatic heterocycles. The van der Waals surface area contributed by atoms with Gasteiger partial charge in [-0.15, -0.1) is 0 Å². The Bertz CT molecular complexity index is 732. The van der Waals surface area contributed by atoms with Gasteiger partial charge < -0.3 is 14.8 Å². The summed E-state index contributed by atoms with van der Waals surface area (Å²) >= 11 is 5.92. The molecule has 0 aliphatic carbocycles. The Hall–Kier alpha value is -2.11. The van der Waals surface area contributed by atoms with E-state index < -0.39 is 5.82 Å². The Balaban J connectivity index is 1.65. The maximum atomic E-state index is 13.0. The van der Waals surface area contributed by atoms with Crippen LogP contribution in [0, 0.1) is 5.82 Å². The maximum Gasteiger partial charge on any atom is 0.255 e. The third-order valence-corrected chi connectivity index (χ3v) is 4.05. The predicted octanol–water partition coefficient (Wildman–Crippen LogP) is 4.29. The van der Waals surface area contributed by atoms with Crippen molar-refractivity contribution in [2.24, 2.45) is 0 Å². The molecule has 0 saturated carbocycles. The van der Waals surface area contributed by atoms with Gasteiger partial charge in [-0.3, -0.25) is 4.79 Å². The van der Waals surface area contributed by atoms with Crippen molar-refractivity contribution in [2.75, 3.05) is 18.5 Å². The molecule has 2 aromatic rings. The van der Waals surface area contributed by atoms with Crippen LogP contribution in [0.4, 0.5) is 10.1 Å². The van der Waals surface area contributed by atoms with Gasteiger partial charge in [0.1, 0.15) is 18.2 Å². The third-order valence-electron chi connectivity index (χ3n) is 3.74. The van der Waals surface area contributed by atoms with Crippen LogP contribution in [-0.4, -0.2) is 25.2 Å². The molecule has 1 heterocycles. The van der Waals surface area contributed by atoms with Gasteiger partial charge in [-0.1, -0.05) is 17.7 Å². The van der Waals surface area contributed by atoms with E-state index in [2.05, 4.69) is 5.32 Å². The Labute approximate surface area is 144 Å². The molecule has 0 spiro atoms. The van der Waals surface area contributed by atoms with E-state index in [1.165, 1.54) is 12.1 Å². The maximum absolute atomic E-state index is 13.0. The number of anilines is 1. The zero-order chi connectivity index (χ0) is 16.9. The third kappa shape index (κ3) is 4.24. The van der Waals surface area contributed by atoms with Crippen LogP contribution in [0.1, 0.15) is 23.2 Å². The standard InChI is InChI=1S/C18H17ClFNO3/c19-16-10-13(20)6-7-17(16)21-18(22)12-3-1-4-14(9-12)24-11-15-5-2-8-23-15/h1,3-4,6-7,9-10,15H,2,5,8,11H2,(H,21,22). The van der Waals surface area contributed by atoms with E-state index in [1.54, 1.807) is 24.3 Å². The van der Waals surface area contributed by atoms with E-state index in [9.17, 15) is 9.18 Å². The normalized spacial score (nSPS) is 16.8. The van der Waals surface area contributed by atoms with E-state index in [1.807, 2.05) is 0 Å². The largest absolute Gasteiger partial charge is 0.491 e. The first kappa shape index (κ1) is 16.7. The number of nitrogens with one attached hydrogen (secondary N) is 1. The fourth-order valence-electron chi connectivity index (χ4n) is 2.48. The van der Waals surface area contributed by atoms with Crippen molar-refractivity contribution in [2.45, 2.75) is 18.9 Å². The zero-order valence-corrected chi connectivity index (χ0v) is 13.7. The van der Waals surface area contributed by atoms with Crippen molar-refractivity contribution in [1.82, 2.24) is 0 Å². The number of carbonyl (C=O) groups is 1. The second-order valence-electron chi connectivity index (χ2n) is 5.55. The highest BCUT2D eigenvalue weighted by Crippen LogP contribution is 2.24. The van der Waals surface area contributed by atoms with Crippen LogP contribution in [0.5, 0.6) is 5.75 Å². The minimum absolute atomic E-state index is 0.112. The quantitative estimate of drug-likeness (QED) is 0.876. The molecule has 24 heavy (non-hydrogen) atoms. The van der Waals surface area contributed by atoms with Crippen LogP contribution in [0.25, 0.3) is 0 Å². The molecule has 0 bridgehead atoms. The summed E-state index contributed by atoms with van der Waals surface area (Å²) in [5, 5.41) is 2.81. The summed E-state index contributed by atoms with van der Waals surface area (Å²) in [7, 11) is 0. The lowest BCUT2D eigenvalue weighted by Crippen LogP contribution is -2.17. The van der Waals surface area contributed by atoms with Crippen LogP contribution in [0.3, 0.4) is 0 Å². The van der Waals surface area contributed by atoms with Gasteiger partial charge in [0.25, 0.3) is 5.91 Å². The molecule has 1 unspecified atom stereocenters. The van der Waals surface area contributed by atoms with E-state index in [0.29, 0.717) is 23.6 Å². The molecular weight excluding hydrogens is 333 g/mol. The summed E-state index contributed by atoms with van der Waals surface area (Å²) < 4.78 is 24.2. The van der Waals surface area contributed by atoms with Crippen LogP contribution in [0.15, 0.2) is 42.5 Å². The van der Waals surface area contributed by atoms with Crippen LogP contribution in [0.2, 0.25) is 5.02 Å². The molecular formula is C18H17ClFNO3. The monoisotopic (exact) mass is 349 g/mol. The Morgan fingerprint density at radius 3 is 2.96 bits per heavy atom. The van der Waals surface area contributed by atoms with Crippen molar-refractivity contribution in [3.05, 3.63) is 58.9 Å². The number of ether oxygens (including phenoxy) is 2. The fraction of sp³-hybridized carbons (Fsp3) is 0.278. The van der Waals surface area contributed by atoms with E-state index in [0.717, 1.165) is 25.5 Å². The molecule has 1 atom stereocenters. The van der Waals surface area contributed by atoms with Gasteiger partial charge in [0.05, 0.1) is 16.8 Å². The highest BCUT2D eigenvalue weighted by Gasteiger charge is 2.16. The molecule has 1 fully saturated rings. The molecule has 126 valence electrons. The number of hydrogen-bond donors (Lipinski definition) is 1. The molecule has 0 aromatic heterocycles. The predicted molar refractivity (Wildman–Crippen MR) is 90.3 cm³/mol. The summed E-state index contributed by atoms with van der Waals surface area (Å²) in [5.74, 6) is -0.197. The topological polar surface area (TPSA) is 47.6 Å². The second kappa shape index (κ2) is 7.64. The number of carbonyl (C=O) groups excluding carboxylic acids is 1. The molecule has 0 radical (unpaired) electrons. The van der Waals surface area contributed by atoms with E-state index in [-0.39, 0.29) is 17.0 Å². The lowest BCUT2D eigenvalue weighted by Gasteiger charge is -2.12. The van der Waals surface area contributed by atoms with Crippen molar-refractivity contribution in [1.29, 1.82) is 0 Å². The van der Waals surface area contributed by atoms with Crippen LogP contribution in [-0.2, 0) is 4.74 Å². The highest BCUT2D eigenvalue weighted by atomic mass is 35.5. The summed E-state index contributed by atoms with van der Waals surface area (Å²) in [6, 6.07) is 10.7. The lowest BCUT2D eigenvalue weighted by atomic mass is 10.2. The molecule has 4 nitrogen and oxygen atoms in total. The first-order valence-corrected chi connectivity index (χ1v) is 8.10. The first-order valence-electron chi connectivity index (χ1n) is 7.73. The highest BCUT2D eigenvalue weighted by molar-refractivity contribution is 6.33. The Kier molecular flexibility index (Phi) is 5.33. The van der Waals surface area contributed by atoms with Crippen LogP contribution >= 0.6 is 11.6 Å². The van der Waals surface area contributed by atoms with Gasteiger partial charge in [0.2, 0.25) is 0 Å². The van der Waals surface area contributed by atoms with E-state index >= 15 is 0 Å². The van der Waals surface area contributed by atoms with Crippen molar-refractivity contribution < 1.29 is 18.7 Å². The molecule has 3 rings (SSSR count). The first-order chi connectivity index (χ1) is 11.6. The SMILES string of the molecule is O=C(Nc1ccc(F)cc1Cl)c1cccc(OCC2CCCO2)c1. The van der Waals surface area contributed by atoms with Crippen molar-refractivity contribution >= 4 is 23.2 Å². The number of benzene rings is 2. The Morgan fingerprint density at radius 1 is 1.33 bits per heavy atom.